The van der Waals surface area contributed by atoms with Gasteiger partial charge in [-0.1, -0.05) is 13.8 Å². The zero-order valence-electron chi connectivity index (χ0n) is 11.5. The molecule has 0 saturated carbocycles. The summed E-state index contributed by atoms with van der Waals surface area (Å²) in [6, 6.07) is 4.88. The van der Waals surface area contributed by atoms with E-state index in [9.17, 15) is 9.59 Å². The zero-order chi connectivity index (χ0) is 14.3. The van der Waals surface area contributed by atoms with Crippen molar-refractivity contribution in [1.29, 1.82) is 0 Å². The van der Waals surface area contributed by atoms with Crippen molar-refractivity contribution in [3.05, 3.63) is 30.1 Å². The third-order valence-corrected chi connectivity index (χ3v) is 2.81. The van der Waals surface area contributed by atoms with E-state index in [1.807, 2.05) is 13.8 Å². The molecule has 1 aromatic rings. The minimum absolute atomic E-state index is 0.0394. The Balaban J connectivity index is 2.83. The zero-order valence-corrected chi connectivity index (χ0v) is 11.5. The fourth-order valence-corrected chi connectivity index (χ4v) is 1.96. The van der Waals surface area contributed by atoms with Gasteiger partial charge in [-0.25, -0.2) is 4.79 Å². The van der Waals surface area contributed by atoms with Gasteiger partial charge in [0.25, 0.3) is 11.6 Å². The molecule has 0 aromatic carbocycles. The Bertz CT molecular complexity index is 440. The maximum Gasteiger partial charge on any atom is 0.401 e. The third kappa shape index (κ3) is 4.35. The Morgan fingerprint density at radius 3 is 2.37 bits per heavy atom. The number of hydrogen-bond acceptors (Lipinski definition) is 2. The van der Waals surface area contributed by atoms with Crippen molar-refractivity contribution in [3.63, 3.8) is 0 Å². The average Bonchev–Trinajstić information content (AvgIpc) is 2.38. The van der Waals surface area contributed by atoms with E-state index in [-0.39, 0.29) is 18.1 Å². The Morgan fingerprint density at radius 2 is 1.84 bits per heavy atom. The van der Waals surface area contributed by atoms with Crippen LogP contribution in [0.15, 0.2) is 24.4 Å². The fourth-order valence-electron chi connectivity index (χ4n) is 1.96. The van der Waals surface area contributed by atoms with Crippen molar-refractivity contribution in [1.82, 2.24) is 4.90 Å². The summed E-state index contributed by atoms with van der Waals surface area (Å²) in [6.07, 6.45) is 3.42. The molecule has 0 aliphatic carbocycles. The van der Waals surface area contributed by atoms with Gasteiger partial charge in [0.15, 0.2) is 6.20 Å². The maximum absolute atomic E-state index is 12.2. The van der Waals surface area contributed by atoms with Crippen molar-refractivity contribution in [2.45, 2.75) is 33.2 Å². The Kier molecular flexibility index (Phi) is 5.99. The molecular weight excluding hydrogens is 244 g/mol. The summed E-state index contributed by atoms with van der Waals surface area (Å²) in [5.74, 6) is -1.06. The number of carbonyl (C=O) groups excluding carboxylic acids is 1. The monoisotopic (exact) mass is 265 g/mol. The van der Waals surface area contributed by atoms with E-state index in [0.29, 0.717) is 13.1 Å². The molecule has 0 fully saturated rings. The normalized spacial score (nSPS) is 10.2. The number of pyridine rings is 1. The Morgan fingerprint density at radius 1 is 1.21 bits per heavy atom. The molecule has 1 N–H and O–H groups in total. The summed E-state index contributed by atoms with van der Waals surface area (Å²) in [4.78, 5) is 25.0. The van der Waals surface area contributed by atoms with Crippen LogP contribution >= 0.6 is 0 Å². The van der Waals surface area contributed by atoms with Crippen LogP contribution < -0.4 is 4.57 Å². The van der Waals surface area contributed by atoms with E-state index in [4.69, 9.17) is 5.11 Å². The van der Waals surface area contributed by atoms with E-state index < -0.39 is 5.97 Å². The van der Waals surface area contributed by atoms with Gasteiger partial charge >= 0.3 is 5.97 Å². The van der Waals surface area contributed by atoms with Crippen molar-refractivity contribution in [3.8, 4) is 0 Å². The molecule has 1 aromatic heterocycles. The summed E-state index contributed by atoms with van der Waals surface area (Å²) in [5.41, 5.74) is 0.129. The lowest BCUT2D eigenvalue weighted by molar-refractivity contribution is -0.687. The number of nitrogens with zero attached hydrogens (tertiary/aromatic N) is 2. The lowest BCUT2D eigenvalue weighted by Gasteiger charge is -2.19. The molecule has 19 heavy (non-hydrogen) atoms. The van der Waals surface area contributed by atoms with Crippen LogP contribution in [0.2, 0.25) is 0 Å². The second kappa shape index (κ2) is 7.51. The summed E-state index contributed by atoms with van der Waals surface area (Å²) < 4.78 is 1.48. The molecule has 0 atom stereocenters. The molecule has 0 aliphatic rings. The highest BCUT2D eigenvalue weighted by atomic mass is 16.4. The largest absolute Gasteiger partial charge is 0.473 e. The second-order valence-electron chi connectivity index (χ2n) is 4.40. The van der Waals surface area contributed by atoms with Gasteiger partial charge in [-0.15, -0.1) is 0 Å². The molecule has 5 nitrogen and oxygen atoms in total. The molecule has 0 saturated heterocycles. The maximum atomic E-state index is 12.2. The van der Waals surface area contributed by atoms with Crippen LogP contribution in [0, 0.1) is 0 Å². The molecule has 1 amide bonds. The van der Waals surface area contributed by atoms with Crippen LogP contribution in [0.1, 0.15) is 37.2 Å². The highest BCUT2D eigenvalue weighted by Crippen LogP contribution is 1.97. The number of aromatic carboxylic acids is 1. The van der Waals surface area contributed by atoms with Gasteiger partial charge < -0.3 is 10.0 Å². The fraction of sp³-hybridized carbons (Fsp3) is 0.500. The van der Waals surface area contributed by atoms with Gasteiger partial charge in [-0.3, -0.25) is 4.79 Å². The first kappa shape index (κ1) is 15.1. The second-order valence-corrected chi connectivity index (χ2v) is 4.40. The minimum Gasteiger partial charge on any atom is -0.473 e. The lowest BCUT2D eigenvalue weighted by Crippen LogP contribution is -2.48. The van der Waals surface area contributed by atoms with Crippen LogP contribution in [0.4, 0.5) is 0 Å². The Hall–Kier alpha value is -1.91. The number of amides is 1. The molecule has 1 rings (SSSR count). The van der Waals surface area contributed by atoms with E-state index in [2.05, 4.69) is 0 Å². The molecule has 0 bridgehead atoms. The van der Waals surface area contributed by atoms with Gasteiger partial charge in [-0.05, 0) is 18.9 Å². The smallest absolute Gasteiger partial charge is 0.401 e. The van der Waals surface area contributed by atoms with Crippen molar-refractivity contribution in [2.24, 2.45) is 0 Å². The summed E-state index contributed by atoms with van der Waals surface area (Å²) >= 11 is 0. The SMILES string of the molecule is CCCN(CCC)C(=O)C[n+]1ccccc1C(=O)O. The van der Waals surface area contributed by atoms with Crippen LogP contribution in [0.5, 0.6) is 0 Å². The summed E-state index contributed by atoms with van der Waals surface area (Å²) in [6.45, 7) is 5.54. The predicted molar refractivity (Wildman–Crippen MR) is 70.8 cm³/mol. The van der Waals surface area contributed by atoms with Gasteiger partial charge in [-0.2, -0.15) is 4.57 Å². The summed E-state index contributed by atoms with van der Waals surface area (Å²) in [5, 5.41) is 9.08. The van der Waals surface area contributed by atoms with E-state index in [1.54, 1.807) is 23.2 Å². The molecule has 1 heterocycles. The van der Waals surface area contributed by atoms with Gasteiger partial charge in [0.05, 0.1) is 0 Å². The first-order chi connectivity index (χ1) is 9.10. The quantitative estimate of drug-likeness (QED) is 0.756. The first-order valence-electron chi connectivity index (χ1n) is 6.59. The summed E-state index contributed by atoms with van der Waals surface area (Å²) in [7, 11) is 0. The molecule has 104 valence electrons. The highest BCUT2D eigenvalue weighted by molar-refractivity contribution is 5.83. The number of aromatic nitrogens is 1. The van der Waals surface area contributed by atoms with Gasteiger partial charge in [0.2, 0.25) is 6.54 Å². The van der Waals surface area contributed by atoms with Crippen LogP contribution in [-0.2, 0) is 11.3 Å². The number of hydrogen-bond donors (Lipinski definition) is 1. The molecule has 0 spiro atoms. The minimum atomic E-state index is -1.02. The van der Waals surface area contributed by atoms with Gasteiger partial charge in [0, 0.05) is 25.2 Å². The molecule has 0 aliphatic heterocycles. The lowest BCUT2D eigenvalue weighted by atomic mass is 10.3. The van der Waals surface area contributed by atoms with E-state index in [1.165, 1.54) is 10.6 Å². The number of carbonyl (C=O) groups is 2. The van der Waals surface area contributed by atoms with Crippen LogP contribution in [0.3, 0.4) is 0 Å². The predicted octanol–water partition coefficient (Wildman–Crippen LogP) is 1.32. The highest BCUT2D eigenvalue weighted by Gasteiger charge is 2.22. The number of rotatable bonds is 7. The first-order valence-corrected chi connectivity index (χ1v) is 6.59. The van der Waals surface area contributed by atoms with E-state index >= 15 is 0 Å². The molecule has 5 heteroatoms. The molecular formula is C14H21N2O3+. The Labute approximate surface area is 113 Å². The van der Waals surface area contributed by atoms with Gasteiger partial charge in [0.1, 0.15) is 0 Å². The molecule has 0 unspecified atom stereocenters. The number of carboxylic acid groups (broad SMARTS) is 1. The topological polar surface area (TPSA) is 61.5 Å². The van der Waals surface area contributed by atoms with Crippen LogP contribution in [-0.4, -0.2) is 35.0 Å². The standard InChI is InChI=1S/C14H20N2O3/c1-3-8-15(9-4-2)13(17)11-16-10-6-5-7-12(16)14(18)19/h5-7,10H,3-4,8-9,11H2,1-2H3/p+1. The van der Waals surface area contributed by atoms with Crippen molar-refractivity contribution < 1.29 is 19.3 Å². The van der Waals surface area contributed by atoms with Crippen molar-refractivity contribution in [2.75, 3.05) is 13.1 Å². The van der Waals surface area contributed by atoms with E-state index in [0.717, 1.165) is 12.8 Å². The molecule has 0 radical (unpaired) electrons. The van der Waals surface area contributed by atoms with Crippen molar-refractivity contribution >= 4 is 11.9 Å². The number of carboxylic acids is 1. The van der Waals surface area contributed by atoms with Crippen LogP contribution in [0.25, 0.3) is 0 Å². The average molecular weight is 265 g/mol. The third-order valence-electron chi connectivity index (χ3n) is 2.81.